The van der Waals surface area contributed by atoms with Crippen molar-refractivity contribution in [1.29, 1.82) is 0 Å². The smallest absolute Gasteiger partial charge is 0.229 e. The largest absolute Gasteiger partial charge is 0.339 e. The normalized spacial score (nSPS) is 19.2. The van der Waals surface area contributed by atoms with Crippen LogP contribution in [0.1, 0.15) is 67.9 Å². The monoisotopic (exact) mass is 384 g/mol. The molecule has 0 bridgehead atoms. The Kier molecular flexibility index (Phi) is 6.35. The quantitative estimate of drug-likeness (QED) is 0.793. The molecule has 0 atom stereocenters. The minimum Gasteiger partial charge on any atom is -0.339 e. The minimum absolute atomic E-state index is 0. The van der Waals surface area contributed by atoms with Crippen molar-refractivity contribution in [3.8, 4) is 0 Å². The van der Waals surface area contributed by atoms with E-state index in [4.69, 9.17) is 4.52 Å². The molecule has 2 fully saturated rings. The molecule has 2 aromatic heterocycles. The predicted octanol–water partition coefficient (Wildman–Crippen LogP) is 3.04. The van der Waals surface area contributed by atoms with Gasteiger partial charge in [0.15, 0.2) is 11.0 Å². The lowest BCUT2D eigenvalue weighted by atomic mass is 9.97. The van der Waals surface area contributed by atoms with E-state index in [1.54, 1.807) is 11.8 Å². The first-order chi connectivity index (χ1) is 11.8. The standard InChI is InChI=1S/C16H24N6OS.ClH/c1-22-14(11-6-8-17-9-7-11)19-20-16(22)24-10-13-18-15(23-21-13)12-4-2-3-5-12;/h11-12,17H,2-10H2,1H3;1H. The lowest BCUT2D eigenvalue weighted by Gasteiger charge is -2.21. The van der Waals surface area contributed by atoms with Gasteiger partial charge in [0.2, 0.25) is 5.89 Å². The van der Waals surface area contributed by atoms with E-state index >= 15 is 0 Å². The first-order valence-corrected chi connectivity index (χ1v) is 9.85. The SMILES string of the molecule is Cl.Cn1c(SCc2noc(C3CCCC3)n2)nnc1C1CCNCC1. The highest BCUT2D eigenvalue weighted by molar-refractivity contribution is 7.98. The molecule has 1 saturated heterocycles. The fourth-order valence-corrected chi connectivity index (χ4v) is 4.44. The summed E-state index contributed by atoms with van der Waals surface area (Å²) in [6.45, 7) is 2.12. The Labute approximate surface area is 158 Å². The Hall–Kier alpha value is -1.12. The average Bonchev–Trinajstić information content (AvgIpc) is 3.35. The molecule has 0 radical (unpaired) electrons. The number of thioether (sulfide) groups is 1. The first-order valence-electron chi connectivity index (χ1n) is 8.86. The molecule has 4 rings (SSSR count). The molecule has 9 heteroatoms. The summed E-state index contributed by atoms with van der Waals surface area (Å²) in [5, 5.41) is 17.2. The van der Waals surface area contributed by atoms with Crippen molar-refractivity contribution in [2.24, 2.45) is 7.05 Å². The molecule has 0 unspecified atom stereocenters. The van der Waals surface area contributed by atoms with Gasteiger partial charge in [0.05, 0.1) is 5.75 Å². The number of aromatic nitrogens is 5. The zero-order valence-corrected chi connectivity index (χ0v) is 16.1. The molecule has 2 aliphatic rings. The van der Waals surface area contributed by atoms with Crippen molar-refractivity contribution in [3.05, 3.63) is 17.5 Å². The second kappa shape index (κ2) is 8.51. The summed E-state index contributed by atoms with van der Waals surface area (Å²) in [6.07, 6.45) is 7.17. The van der Waals surface area contributed by atoms with Gasteiger partial charge < -0.3 is 14.4 Å². The van der Waals surface area contributed by atoms with Gasteiger partial charge in [0, 0.05) is 18.9 Å². The molecular formula is C16H25ClN6OS. The third kappa shape index (κ3) is 4.17. The van der Waals surface area contributed by atoms with E-state index in [-0.39, 0.29) is 12.4 Å². The van der Waals surface area contributed by atoms with Gasteiger partial charge in [-0.25, -0.2) is 0 Å². The van der Waals surface area contributed by atoms with E-state index in [1.807, 2.05) is 0 Å². The zero-order valence-electron chi connectivity index (χ0n) is 14.5. The van der Waals surface area contributed by atoms with Crippen molar-refractivity contribution in [1.82, 2.24) is 30.2 Å². The van der Waals surface area contributed by atoms with Crippen molar-refractivity contribution in [2.45, 2.75) is 61.3 Å². The molecule has 7 nitrogen and oxygen atoms in total. The molecule has 0 spiro atoms. The van der Waals surface area contributed by atoms with Crippen molar-refractivity contribution < 1.29 is 4.52 Å². The van der Waals surface area contributed by atoms with Crippen LogP contribution in [-0.4, -0.2) is 38.0 Å². The summed E-state index contributed by atoms with van der Waals surface area (Å²) in [6, 6.07) is 0. The van der Waals surface area contributed by atoms with Gasteiger partial charge in [0.25, 0.3) is 0 Å². The van der Waals surface area contributed by atoms with Crippen LogP contribution in [0, 0.1) is 0 Å². The molecule has 25 heavy (non-hydrogen) atoms. The van der Waals surface area contributed by atoms with E-state index < -0.39 is 0 Å². The Morgan fingerprint density at radius 3 is 2.64 bits per heavy atom. The van der Waals surface area contributed by atoms with Crippen molar-refractivity contribution in [2.75, 3.05) is 13.1 Å². The first kappa shape index (κ1) is 18.7. The van der Waals surface area contributed by atoms with Gasteiger partial charge in [-0.05, 0) is 38.8 Å². The van der Waals surface area contributed by atoms with Gasteiger partial charge in [-0.1, -0.05) is 29.8 Å². The van der Waals surface area contributed by atoms with Gasteiger partial charge in [-0.15, -0.1) is 22.6 Å². The van der Waals surface area contributed by atoms with Crippen LogP contribution in [0.3, 0.4) is 0 Å². The molecular weight excluding hydrogens is 360 g/mol. The Morgan fingerprint density at radius 1 is 1.12 bits per heavy atom. The van der Waals surface area contributed by atoms with Crippen LogP contribution in [0.2, 0.25) is 0 Å². The van der Waals surface area contributed by atoms with Crippen LogP contribution < -0.4 is 5.32 Å². The topological polar surface area (TPSA) is 81.7 Å². The zero-order chi connectivity index (χ0) is 16.4. The molecule has 1 N–H and O–H groups in total. The minimum atomic E-state index is 0. The van der Waals surface area contributed by atoms with Crippen molar-refractivity contribution in [3.63, 3.8) is 0 Å². The van der Waals surface area contributed by atoms with Crippen LogP contribution in [0.15, 0.2) is 9.68 Å². The molecule has 0 amide bonds. The van der Waals surface area contributed by atoms with Gasteiger partial charge in [0.1, 0.15) is 5.82 Å². The average molecular weight is 385 g/mol. The predicted molar refractivity (Wildman–Crippen MR) is 98.2 cm³/mol. The summed E-state index contributed by atoms with van der Waals surface area (Å²) in [5.74, 6) is 4.33. The molecule has 0 aromatic carbocycles. The Morgan fingerprint density at radius 2 is 1.88 bits per heavy atom. The van der Waals surface area contributed by atoms with E-state index in [0.29, 0.717) is 17.6 Å². The summed E-state index contributed by atoms with van der Waals surface area (Å²) in [7, 11) is 2.06. The third-order valence-corrected chi connectivity index (χ3v) is 6.11. The maximum absolute atomic E-state index is 5.44. The molecule has 3 heterocycles. The number of hydrogen-bond donors (Lipinski definition) is 1. The van der Waals surface area contributed by atoms with Gasteiger partial charge in [-0.3, -0.25) is 0 Å². The maximum atomic E-state index is 5.44. The molecule has 1 aliphatic carbocycles. The Bertz CT molecular complexity index is 678. The van der Waals surface area contributed by atoms with E-state index in [0.717, 1.165) is 48.6 Å². The summed E-state index contributed by atoms with van der Waals surface area (Å²) < 4.78 is 7.57. The lowest BCUT2D eigenvalue weighted by molar-refractivity contribution is 0.351. The number of nitrogens with one attached hydrogen (secondary N) is 1. The fraction of sp³-hybridized carbons (Fsp3) is 0.750. The third-order valence-electron chi connectivity index (χ3n) is 5.09. The number of piperidine rings is 1. The number of hydrogen-bond acceptors (Lipinski definition) is 7. The summed E-state index contributed by atoms with van der Waals surface area (Å²) in [4.78, 5) is 4.57. The second-order valence-corrected chi connectivity index (χ2v) is 7.69. The highest BCUT2D eigenvalue weighted by Gasteiger charge is 2.24. The highest BCUT2D eigenvalue weighted by atomic mass is 35.5. The lowest BCUT2D eigenvalue weighted by Crippen LogP contribution is -2.27. The van der Waals surface area contributed by atoms with Gasteiger partial charge in [-0.2, -0.15) is 4.98 Å². The fourth-order valence-electron chi connectivity index (χ4n) is 3.68. The van der Waals surface area contributed by atoms with Crippen LogP contribution in [0.4, 0.5) is 0 Å². The van der Waals surface area contributed by atoms with E-state index in [1.165, 1.54) is 25.7 Å². The molecule has 1 saturated carbocycles. The summed E-state index contributed by atoms with van der Waals surface area (Å²) >= 11 is 1.63. The van der Waals surface area contributed by atoms with E-state index in [9.17, 15) is 0 Å². The van der Waals surface area contributed by atoms with Crippen LogP contribution in [0.5, 0.6) is 0 Å². The molecule has 138 valence electrons. The molecule has 2 aromatic rings. The van der Waals surface area contributed by atoms with Gasteiger partial charge >= 0.3 is 0 Å². The maximum Gasteiger partial charge on any atom is 0.229 e. The highest BCUT2D eigenvalue weighted by Crippen LogP contribution is 2.33. The molecule has 1 aliphatic heterocycles. The van der Waals surface area contributed by atoms with Crippen LogP contribution in [0.25, 0.3) is 0 Å². The van der Waals surface area contributed by atoms with E-state index in [2.05, 4.69) is 37.3 Å². The van der Waals surface area contributed by atoms with Crippen LogP contribution in [-0.2, 0) is 12.8 Å². The second-order valence-electron chi connectivity index (χ2n) is 6.74. The van der Waals surface area contributed by atoms with Crippen molar-refractivity contribution >= 4 is 24.2 Å². The number of halogens is 1. The number of rotatable bonds is 5. The van der Waals surface area contributed by atoms with Crippen LogP contribution >= 0.6 is 24.2 Å². The summed E-state index contributed by atoms with van der Waals surface area (Å²) in [5.41, 5.74) is 0. The number of nitrogens with zero attached hydrogens (tertiary/aromatic N) is 5. The Balaban J connectivity index is 0.00000182.